The molecule has 10 heteroatoms. The van der Waals surface area contributed by atoms with Crippen LogP contribution in [0.2, 0.25) is 5.02 Å². The summed E-state index contributed by atoms with van der Waals surface area (Å²) >= 11 is 5.77. The zero-order valence-corrected chi connectivity index (χ0v) is 19.5. The molecule has 1 aliphatic rings. The number of hydrogen-bond donors (Lipinski definition) is 1. The molecule has 0 unspecified atom stereocenters. The Labute approximate surface area is 204 Å². The molecular weight excluding hydrogens is 478 g/mol. The highest BCUT2D eigenvalue weighted by molar-refractivity contribution is 6.30. The molecular formula is C25H21ClF2N4O3. The van der Waals surface area contributed by atoms with Crippen LogP contribution in [-0.2, 0) is 22.7 Å². The molecule has 1 saturated heterocycles. The van der Waals surface area contributed by atoms with Gasteiger partial charge in [0.25, 0.3) is 0 Å². The molecule has 0 aliphatic carbocycles. The van der Waals surface area contributed by atoms with Crippen LogP contribution >= 0.6 is 11.6 Å². The number of likely N-dealkylation sites (tertiary alicyclic amines) is 1. The number of nitriles is 1. The fourth-order valence-corrected chi connectivity index (χ4v) is 4.50. The van der Waals surface area contributed by atoms with E-state index in [0.717, 1.165) is 4.90 Å². The van der Waals surface area contributed by atoms with Crippen molar-refractivity contribution in [3.8, 4) is 6.07 Å². The first-order valence-corrected chi connectivity index (χ1v) is 11.3. The molecule has 0 bridgehead atoms. The zero-order valence-electron chi connectivity index (χ0n) is 18.7. The lowest BCUT2D eigenvalue weighted by Crippen LogP contribution is -2.46. The molecule has 1 N–H and O–H groups in total. The van der Waals surface area contributed by atoms with Crippen LogP contribution in [0.4, 0.5) is 8.78 Å². The van der Waals surface area contributed by atoms with Crippen LogP contribution in [0.1, 0.15) is 34.8 Å². The average molecular weight is 499 g/mol. The number of nitrogens with zero attached hydrogens (tertiary/aromatic N) is 3. The summed E-state index contributed by atoms with van der Waals surface area (Å²) in [6, 6.07) is 10.2. The third-order valence-electron chi connectivity index (χ3n) is 6.05. The number of ketones is 1. The molecule has 1 aliphatic heterocycles. The van der Waals surface area contributed by atoms with Gasteiger partial charge < -0.3 is 14.8 Å². The van der Waals surface area contributed by atoms with Crippen LogP contribution in [0.3, 0.4) is 0 Å². The average Bonchev–Trinajstić information content (AvgIpc) is 3.40. The third kappa shape index (κ3) is 4.88. The topological polar surface area (TPSA) is 95.2 Å². The Kier molecular flexibility index (Phi) is 6.85. The van der Waals surface area contributed by atoms with Gasteiger partial charge in [-0.3, -0.25) is 14.4 Å². The van der Waals surface area contributed by atoms with E-state index in [4.69, 9.17) is 11.6 Å². The summed E-state index contributed by atoms with van der Waals surface area (Å²) in [5, 5.41) is 12.3. The fraction of sp³-hybridized carbons (Fsp3) is 0.280. The summed E-state index contributed by atoms with van der Waals surface area (Å²) in [6.45, 7) is 0.723. The predicted molar refractivity (Wildman–Crippen MR) is 125 cm³/mol. The van der Waals surface area contributed by atoms with Crippen LogP contribution in [0.25, 0.3) is 10.9 Å². The number of benzene rings is 2. The summed E-state index contributed by atoms with van der Waals surface area (Å²) in [5.74, 6) is -1.99. The summed E-state index contributed by atoms with van der Waals surface area (Å²) < 4.78 is 29.9. The smallest absolute Gasteiger partial charge is 0.243 e. The quantitative estimate of drug-likeness (QED) is 0.523. The maximum Gasteiger partial charge on any atom is 0.243 e. The summed E-state index contributed by atoms with van der Waals surface area (Å²) in [7, 11) is 0. The van der Waals surface area contributed by atoms with E-state index in [9.17, 15) is 28.4 Å². The Morgan fingerprint density at radius 1 is 1.26 bits per heavy atom. The predicted octanol–water partition coefficient (Wildman–Crippen LogP) is 3.76. The van der Waals surface area contributed by atoms with Crippen molar-refractivity contribution in [3.05, 3.63) is 70.1 Å². The number of Topliss-reactive ketones (excluding diaryl/α,β-unsaturated/α-hetero) is 1. The van der Waals surface area contributed by atoms with E-state index in [-0.39, 0.29) is 42.4 Å². The number of nitrogens with one attached hydrogen (secondary N) is 1. The number of aromatic nitrogens is 1. The number of amides is 2. The number of alkyl halides is 1. The Hall–Kier alpha value is -3.77. The molecule has 7 nitrogen and oxygen atoms in total. The first-order valence-electron chi connectivity index (χ1n) is 10.9. The summed E-state index contributed by atoms with van der Waals surface area (Å²) in [4.78, 5) is 39.2. The van der Waals surface area contributed by atoms with E-state index >= 15 is 0 Å². The zero-order chi connectivity index (χ0) is 25.3. The number of carbonyl (C=O) groups is 3. The van der Waals surface area contributed by atoms with E-state index < -0.39 is 29.8 Å². The van der Waals surface area contributed by atoms with Crippen molar-refractivity contribution < 1.29 is 23.2 Å². The van der Waals surface area contributed by atoms with E-state index in [0.29, 0.717) is 22.0 Å². The van der Waals surface area contributed by atoms with Gasteiger partial charge >= 0.3 is 0 Å². The molecule has 1 fully saturated rings. The van der Waals surface area contributed by atoms with Gasteiger partial charge in [0.2, 0.25) is 11.8 Å². The molecule has 2 atom stereocenters. The van der Waals surface area contributed by atoms with Gasteiger partial charge in [-0.1, -0.05) is 29.8 Å². The molecule has 0 spiro atoms. The molecule has 2 heterocycles. The second-order valence-electron chi connectivity index (χ2n) is 8.40. The Morgan fingerprint density at radius 2 is 2.03 bits per heavy atom. The highest BCUT2D eigenvalue weighted by Gasteiger charge is 2.39. The number of halogens is 3. The van der Waals surface area contributed by atoms with Crippen molar-refractivity contribution in [2.45, 2.75) is 38.6 Å². The van der Waals surface area contributed by atoms with Gasteiger partial charge in [-0.25, -0.2) is 8.78 Å². The van der Waals surface area contributed by atoms with Gasteiger partial charge in [-0.05, 0) is 25.1 Å². The Balaban J connectivity index is 1.54. The highest BCUT2D eigenvalue weighted by atomic mass is 35.5. The van der Waals surface area contributed by atoms with Crippen molar-refractivity contribution in [2.75, 3.05) is 6.54 Å². The summed E-state index contributed by atoms with van der Waals surface area (Å²) in [5.41, 5.74) is 1.42. The molecule has 1 aromatic heterocycles. The Morgan fingerprint density at radius 3 is 2.74 bits per heavy atom. The van der Waals surface area contributed by atoms with Gasteiger partial charge in [-0.2, -0.15) is 5.26 Å². The van der Waals surface area contributed by atoms with Crippen LogP contribution in [0, 0.1) is 17.1 Å². The Bertz CT molecular complexity index is 1380. The molecule has 2 aromatic carbocycles. The van der Waals surface area contributed by atoms with Crippen molar-refractivity contribution in [1.82, 2.24) is 14.8 Å². The largest absolute Gasteiger partial charge is 0.350 e. The van der Waals surface area contributed by atoms with Gasteiger partial charge in [0.1, 0.15) is 24.6 Å². The highest BCUT2D eigenvalue weighted by Crippen LogP contribution is 2.26. The SMILES string of the molecule is CC(=O)c1cn(CC(=O)N2C[C@H](F)C[C@H]2C(=O)NCc2cccc(Cl)c2F)c2cc(C#N)ccc12. The molecule has 180 valence electrons. The lowest BCUT2D eigenvalue weighted by molar-refractivity contribution is -0.139. The molecule has 0 radical (unpaired) electrons. The minimum atomic E-state index is -1.39. The van der Waals surface area contributed by atoms with Gasteiger partial charge in [0.15, 0.2) is 5.78 Å². The monoisotopic (exact) mass is 498 g/mol. The first-order chi connectivity index (χ1) is 16.7. The third-order valence-corrected chi connectivity index (χ3v) is 6.35. The maximum atomic E-state index is 14.3. The van der Waals surface area contributed by atoms with Gasteiger partial charge in [-0.15, -0.1) is 0 Å². The molecule has 4 rings (SSSR count). The van der Waals surface area contributed by atoms with Crippen LogP contribution in [0.5, 0.6) is 0 Å². The standard InChI is InChI=1S/C25H21ClF2N4O3/c1-14(33)19-12-31(21-7-15(9-29)5-6-18(19)21)13-23(34)32-11-17(27)8-22(32)25(35)30-10-16-3-2-4-20(26)24(16)28/h2-7,12,17,22H,8,10-11,13H2,1H3,(H,30,35)/t17-,22+/m1/s1. The van der Waals surface area contributed by atoms with Crippen LogP contribution in [0.15, 0.2) is 42.6 Å². The number of fused-ring (bicyclic) bond motifs is 1. The van der Waals surface area contributed by atoms with Crippen molar-refractivity contribution in [2.24, 2.45) is 0 Å². The summed E-state index contributed by atoms with van der Waals surface area (Å²) in [6.07, 6.45) is -0.0530. The van der Waals surface area contributed by atoms with Gasteiger partial charge in [0, 0.05) is 35.7 Å². The second kappa shape index (κ2) is 9.84. The van der Waals surface area contributed by atoms with E-state index in [1.54, 1.807) is 24.3 Å². The van der Waals surface area contributed by atoms with Crippen molar-refractivity contribution in [1.29, 1.82) is 5.26 Å². The number of rotatable bonds is 6. The minimum absolute atomic E-state index is 0.0818. The normalized spacial score (nSPS) is 17.4. The fourth-order valence-electron chi connectivity index (χ4n) is 4.30. The molecule has 2 amide bonds. The first kappa shape index (κ1) is 24.4. The lowest BCUT2D eigenvalue weighted by Gasteiger charge is -2.24. The minimum Gasteiger partial charge on any atom is -0.350 e. The van der Waals surface area contributed by atoms with E-state index in [1.165, 1.54) is 29.8 Å². The molecule has 0 saturated carbocycles. The van der Waals surface area contributed by atoms with E-state index in [1.807, 2.05) is 6.07 Å². The maximum absolute atomic E-state index is 14.3. The number of hydrogen-bond acceptors (Lipinski definition) is 4. The second-order valence-corrected chi connectivity index (χ2v) is 8.80. The number of carbonyl (C=O) groups excluding carboxylic acids is 3. The molecule has 35 heavy (non-hydrogen) atoms. The van der Waals surface area contributed by atoms with Crippen LogP contribution in [-0.4, -0.2) is 45.8 Å². The van der Waals surface area contributed by atoms with E-state index in [2.05, 4.69) is 5.32 Å². The molecule has 3 aromatic rings. The lowest BCUT2D eigenvalue weighted by atomic mass is 10.1. The van der Waals surface area contributed by atoms with Gasteiger partial charge in [0.05, 0.1) is 28.7 Å². The van der Waals surface area contributed by atoms with Crippen LogP contribution < -0.4 is 5.32 Å². The van der Waals surface area contributed by atoms with Crippen molar-refractivity contribution in [3.63, 3.8) is 0 Å². The van der Waals surface area contributed by atoms with Crippen molar-refractivity contribution >= 4 is 40.1 Å².